The largest absolute Gasteiger partial charge is 0.323 e. The van der Waals surface area contributed by atoms with E-state index < -0.39 is 0 Å². The molecule has 0 bridgehead atoms. The van der Waals surface area contributed by atoms with Gasteiger partial charge in [-0.05, 0) is 18.6 Å². The number of halogens is 2. The summed E-state index contributed by atoms with van der Waals surface area (Å²) in [6.07, 6.45) is 2.71. The lowest BCUT2D eigenvalue weighted by atomic mass is 10.1. The third-order valence-electron chi connectivity index (χ3n) is 1.51. The maximum atomic E-state index is 5.73. The monoisotopic (exact) mass is 208 g/mol. The normalized spacial score (nSPS) is 10.8. The molecule has 0 radical (unpaired) electrons. The summed E-state index contributed by atoms with van der Waals surface area (Å²) >= 11 is 0. The Kier molecular flexibility index (Phi) is 8.71. The van der Waals surface area contributed by atoms with Gasteiger partial charge in [0, 0.05) is 12.2 Å². The molecule has 0 aromatic carbocycles. The van der Waals surface area contributed by atoms with Crippen molar-refractivity contribution in [3.8, 4) is 0 Å². The number of hydrogen-bond donors (Lipinski definition) is 1. The second-order valence-electron chi connectivity index (χ2n) is 2.27. The zero-order valence-electron chi connectivity index (χ0n) is 6.93. The molecule has 1 atom stereocenters. The number of aromatic nitrogens is 1. The Hall–Kier alpha value is -0.310. The number of nitrogens with two attached hydrogens (primary N) is 1. The van der Waals surface area contributed by atoms with Gasteiger partial charge in [-0.1, -0.05) is 13.0 Å². The zero-order valence-corrected chi connectivity index (χ0v) is 8.57. The molecule has 0 aliphatic rings. The summed E-state index contributed by atoms with van der Waals surface area (Å²) in [6, 6.07) is 5.90. The van der Waals surface area contributed by atoms with E-state index in [1.165, 1.54) is 0 Å². The maximum Gasteiger partial charge on any atom is 0.0570 e. The fourth-order valence-electron chi connectivity index (χ4n) is 0.804. The Morgan fingerprint density at radius 2 is 2.08 bits per heavy atom. The summed E-state index contributed by atoms with van der Waals surface area (Å²) in [4.78, 5) is 4.12. The highest BCUT2D eigenvalue weighted by Crippen LogP contribution is 2.08. The van der Waals surface area contributed by atoms with Crippen LogP contribution in [0.1, 0.15) is 25.1 Å². The Morgan fingerprint density at radius 3 is 2.50 bits per heavy atom. The topological polar surface area (TPSA) is 38.9 Å². The van der Waals surface area contributed by atoms with Crippen LogP contribution < -0.4 is 5.73 Å². The van der Waals surface area contributed by atoms with Crippen molar-refractivity contribution in [3.05, 3.63) is 30.1 Å². The van der Waals surface area contributed by atoms with Crippen molar-refractivity contribution in [1.82, 2.24) is 4.98 Å². The molecule has 2 nitrogen and oxygen atoms in total. The first-order valence-corrected chi connectivity index (χ1v) is 3.51. The number of rotatable bonds is 2. The van der Waals surface area contributed by atoms with Crippen LogP contribution in [-0.4, -0.2) is 4.98 Å². The van der Waals surface area contributed by atoms with Gasteiger partial charge in [0.2, 0.25) is 0 Å². The number of hydrogen-bond acceptors (Lipinski definition) is 2. The first-order valence-electron chi connectivity index (χ1n) is 3.51. The highest BCUT2D eigenvalue weighted by Gasteiger charge is 2.01. The van der Waals surface area contributed by atoms with Crippen molar-refractivity contribution in [2.24, 2.45) is 5.73 Å². The van der Waals surface area contributed by atoms with Gasteiger partial charge in [-0.3, -0.25) is 4.98 Å². The third-order valence-corrected chi connectivity index (χ3v) is 1.51. The quantitative estimate of drug-likeness (QED) is 0.811. The Labute approximate surface area is 85.4 Å². The van der Waals surface area contributed by atoms with Crippen LogP contribution in [0.2, 0.25) is 0 Å². The molecular weight excluding hydrogens is 195 g/mol. The van der Waals surface area contributed by atoms with Gasteiger partial charge >= 0.3 is 0 Å². The molecule has 1 heterocycles. The van der Waals surface area contributed by atoms with E-state index in [1.54, 1.807) is 6.20 Å². The van der Waals surface area contributed by atoms with Crippen molar-refractivity contribution in [2.75, 3.05) is 0 Å². The van der Waals surface area contributed by atoms with E-state index >= 15 is 0 Å². The van der Waals surface area contributed by atoms with Crippen LogP contribution in [0, 0.1) is 0 Å². The second kappa shape index (κ2) is 7.35. The predicted octanol–water partition coefficient (Wildman–Crippen LogP) is 2.34. The minimum absolute atomic E-state index is 0. The van der Waals surface area contributed by atoms with Gasteiger partial charge in [-0.15, -0.1) is 24.8 Å². The van der Waals surface area contributed by atoms with Gasteiger partial charge in [0.15, 0.2) is 0 Å². The molecule has 0 spiro atoms. The highest BCUT2D eigenvalue weighted by molar-refractivity contribution is 5.85. The van der Waals surface area contributed by atoms with Gasteiger partial charge in [-0.25, -0.2) is 0 Å². The summed E-state index contributed by atoms with van der Waals surface area (Å²) in [6.45, 7) is 2.05. The molecule has 0 amide bonds. The molecule has 1 rings (SSSR count). The summed E-state index contributed by atoms with van der Waals surface area (Å²) in [5, 5.41) is 0. The Morgan fingerprint density at radius 1 is 1.42 bits per heavy atom. The average molecular weight is 209 g/mol. The van der Waals surface area contributed by atoms with Gasteiger partial charge in [-0.2, -0.15) is 0 Å². The standard InChI is InChI=1S/C8H12N2.2ClH/c1-2-7(9)8-5-3-4-6-10-8;;/h3-7H,2,9H2,1H3;2*1H/t7-;;/m0../s1. The van der Waals surface area contributed by atoms with E-state index in [-0.39, 0.29) is 30.9 Å². The third kappa shape index (κ3) is 3.90. The van der Waals surface area contributed by atoms with E-state index in [0.29, 0.717) is 0 Å². The van der Waals surface area contributed by atoms with Crippen LogP contribution in [0.3, 0.4) is 0 Å². The van der Waals surface area contributed by atoms with Gasteiger partial charge in [0.05, 0.1) is 5.69 Å². The van der Waals surface area contributed by atoms with Crippen LogP contribution >= 0.6 is 24.8 Å². The molecule has 0 saturated carbocycles. The molecule has 0 aliphatic carbocycles. The van der Waals surface area contributed by atoms with E-state index in [1.807, 2.05) is 18.2 Å². The fraction of sp³-hybridized carbons (Fsp3) is 0.375. The van der Waals surface area contributed by atoms with Gasteiger partial charge in [0.1, 0.15) is 0 Å². The molecule has 12 heavy (non-hydrogen) atoms. The van der Waals surface area contributed by atoms with Crippen LogP contribution in [0.15, 0.2) is 24.4 Å². The van der Waals surface area contributed by atoms with E-state index in [2.05, 4.69) is 11.9 Å². The number of pyridine rings is 1. The van der Waals surface area contributed by atoms with Crippen LogP contribution in [-0.2, 0) is 0 Å². The molecule has 0 fully saturated rings. The predicted molar refractivity (Wildman–Crippen MR) is 56.0 cm³/mol. The summed E-state index contributed by atoms with van der Waals surface area (Å²) in [7, 11) is 0. The summed E-state index contributed by atoms with van der Waals surface area (Å²) in [5.74, 6) is 0. The summed E-state index contributed by atoms with van der Waals surface area (Å²) < 4.78 is 0. The second-order valence-corrected chi connectivity index (χ2v) is 2.27. The molecule has 1 aromatic rings. The van der Waals surface area contributed by atoms with E-state index in [4.69, 9.17) is 5.73 Å². The van der Waals surface area contributed by atoms with Gasteiger partial charge in [0.25, 0.3) is 0 Å². The van der Waals surface area contributed by atoms with Gasteiger partial charge < -0.3 is 5.73 Å². The summed E-state index contributed by atoms with van der Waals surface area (Å²) in [5.41, 5.74) is 6.71. The zero-order chi connectivity index (χ0) is 7.40. The van der Waals surface area contributed by atoms with Crippen molar-refractivity contribution >= 4 is 24.8 Å². The minimum atomic E-state index is 0. The molecule has 4 heteroatoms. The molecule has 70 valence electrons. The lowest BCUT2D eigenvalue weighted by molar-refractivity contribution is 0.675. The van der Waals surface area contributed by atoms with Crippen molar-refractivity contribution in [1.29, 1.82) is 0 Å². The molecule has 2 N–H and O–H groups in total. The Balaban J connectivity index is 0. The van der Waals surface area contributed by atoms with Crippen LogP contribution in [0.4, 0.5) is 0 Å². The molecule has 1 aromatic heterocycles. The number of nitrogens with zero attached hydrogens (tertiary/aromatic N) is 1. The molecular formula is C8H14Cl2N2. The first kappa shape index (κ1) is 14.2. The first-order chi connectivity index (χ1) is 4.84. The lowest BCUT2D eigenvalue weighted by Crippen LogP contribution is -2.09. The van der Waals surface area contributed by atoms with Crippen molar-refractivity contribution in [2.45, 2.75) is 19.4 Å². The lowest BCUT2D eigenvalue weighted by Gasteiger charge is -2.05. The molecule has 0 aliphatic heterocycles. The minimum Gasteiger partial charge on any atom is -0.323 e. The molecule has 0 unspecified atom stereocenters. The van der Waals surface area contributed by atoms with Crippen molar-refractivity contribution in [3.63, 3.8) is 0 Å². The average Bonchev–Trinajstić information content (AvgIpc) is 2.05. The Bertz CT molecular complexity index is 192. The van der Waals surface area contributed by atoms with E-state index in [9.17, 15) is 0 Å². The maximum absolute atomic E-state index is 5.73. The molecule has 0 saturated heterocycles. The van der Waals surface area contributed by atoms with Crippen LogP contribution in [0.25, 0.3) is 0 Å². The fourth-order valence-corrected chi connectivity index (χ4v) is 0.804. The van der Waals surface area contributed by atoms with E-state index in [0.717, 1.165) is 12.1 Å². The highest BCUT2D eigenvalue weighted by atomic mass is 35.5. The van der Waals surface area contributed by atoms with Crippen LogP contribution in [0.5, 0.6) is 0 Å². The smallest absolute Gasteiger partial charge is 0.0570 e. The SMILES string of the molecule is CC[C@H](N)c1ccccn1.Cl.Cl. The van der Waals surface area contributed by atoms with Crippen molar-refractivity contribution < 1.29 is 0 Å².